The van der Waals surface area contributed by atoms with Crippen LogP contribution in [0.25, 0.3) is 0 Å². The van der Waals surface area contributed by atoms with E-state index in [0.29, 0.717) is 12.4 Å². The summed E-state index contributed by atoms with van der Waals surface area (Å²) in [6, 6.07) is 6.60. The zero-order valence-corrected chi connectivity index (χ0v) is 11.2. The maximum atomic E-state index is 9.16. The van der Waals surface area contributed by atoms with E-state index in [1.807, 2.05) is 20.3 Å². The number of benzene rings is 1. The molecule has 0 saturated heterocycles. The Morgan fingerprint density at radius 3 is 2.68 bits per heavy atom. The average Bonchev–Trinajstić information content (AvgIpc) is 2.84. The van der Waals surface area contributed by atoms with E-state index in [0.717, 1.165) is 18.8 Å². The molecule has 1 aromatic carbocycles. The quantitative estimate of drug-likeness (QED) is 0.845. The summed E-state index contributed by atoms with van der Waals surface area (Å²) in [6.45, 7) is 2.09. The monoisotopic (exact) mass is 262 g/mol. The van der Waals surface area contributed by atoms with Gasteiger partial charge in [-0.15, -0.1) is 5.10 Å². The summed E-state index contributed by atoms with van der Waals surface area (Å²) in [6.07, 6.45) is 1.88. The standard InChI is InChI=1S/C13H18N4O2/c1-16(2)7-8-17-9-11(14-15-17)10-19-13-5-3-12(18)4-6-13/h3-6,9,18H,7-8,10H2,1-2H3. The Bertz CT molecular complexity index is 508. The molecular weight excluding hydrogens is 244 g/mol. The van der Waals surface area contributed by atoms with E-state index in [2.05, 4.69) is 15.2 Å². The fraction of sp³-hybridized carbons (Fsp3) is 0.385. The lowest BCUT2D eigenvalue weighted by Crippen LogP contribution is -2.18. The second-order valence-electron chi connectivity index (χ2n) is 4.56. The van der Waals surface area contributed by atoms with Crippen molar-refractivity contribution in [2.45, 2.75) is 13.2 Å². The Balaban J connectivity index is 1.84. The molecule has 0 saturated carbocycles. The van der Waals surface area contributed by atoms with Gasteiger partial charge in [0.2, 0.25) is 0 Å². The van der Waals surface area contributed by atoms with E-state index in [4.69, 9.17) is 9.84 Å². The van der Waals surface area contributed by atoms with Gasteiger partial charge in [0, 0.05) is 6.54 Å². The van der Waals surface area contributed by atoms with Crippen molar-refractivity contribution in [1.82, 2.24) is 19.9 Å². The van der Waals surface area contributed by atoms with Gasteiger partial charge in [-0.3, -0.25) is 4.68 Å². The van der Waals surface area contributed by atoms with E-state index in [1.165, 1.54) is 0 Å². The average molecular weight is 262 g/mol. The molecule has 1 heterocycles. The third-order valence-electron chi connectivity index (χ3n) is 2.59. The first-order valence-corrected chi connectivity index (χ1v) is 6.09. The lowest BCUT2D eigenvalue weighted by molar-refractivity contribution is 0.300. The first-order valence-electron chi connectivity index (χ1n) is 6.09. The smallest absolute Gasteiger partial charge is 0.134 e. The Morgan fingerprint density at radius 1 is 1.26 bits per heavy atom. The number of aromatic nitrogens is 3. The summed E-state index contributed by atoms with van der Waals surface area (Å²) in [5.41, 5.74) is 0.784. The van der Waals surface area contributed by atoms with Crippen molar-refractivity contribution in [2.24, 2.45) is 0 Å². The molecule has 0 spiro atoms. The van der Waals surface area contributed by atoms with Gasteiger partial charge < -0.3 is 14.7 Å². The third-order valence-corrected chi connectivity index (χ3v) is 2.59. The summed E-state index contributed by atoms with van der Waals surface area (Å²) in [5, 5.41) is 17.2. The molecule has 2 aromatic rings. The molecule has 1 aromatic heterocycles. The van der Waals surface area contributed by atoms with Crippen molar-refractivity contribution in [3.63, 3.8) is 0 Å². The predicted molar refractivity (Wildman–Crippen MR) is 71.0 cm³/mol. The molecule has 0 radical (unpaired) electrons. The van der Waals surface area contributed by atoms with Gasteiger partial charge in [-0.25, -0.2) is 0 Å². The molecule has 0 aliphatic heterocycles. The molecule has 6 nitrogen and oxygen atoms in total. The van der Waals surface area contributed by atoms with Gasteiger partial charge in [-0.2, -0.15) is 0 Å². The van der Waals surface area contributed by atoms with Crippen molar-refractivity contribution < 1.29 is 9.84 Å². The minimum absolute atomic E-state index is 0.224. The number of aromatic hydroxyl groups is 1. The SMILES string of the molecule is CN(C)CCn1cc(COc2ccc(O)cc2)nn1. The van der Waals surface area contributed by atoms with Crippen LogP contribution in [-0.4, -0.2) is 45.6 Å². The molecule has 0 unspecified atom stereocenters. The van der Waals surface area contributed by atoms with Crippen LogP contribution < -0.4 is 4.74 Å². The van der Waals surface area contributed by atoms with Crippen LogP contribution in [0, 0.1) is 0 Å². The van der Waals surface area contributed by atoms with Gasteiger partial charge in [0.15, 0.2) is 0 Å². The van der Waals surface area contributed by atoms with Crippen LogP contribution in [0.4, 0.5) is 0 Å². The van der Waals surface area contributed by atoms with Gasteiger partial charge >= 0.3 is 0 Å². The van der Waals surface area contributed by atoms with Crippen LogP contribution >= 0.6 is 0 Å². The molecule has 0 amide bonds. The summed E-state index contributed by atoms with van der Waals surface area (Å²) >= 11 is 0. The van der Waals surface area contributed by atoms with E-state index in [9.17, 15) is 0 Å². The van der Waals surface area contributed by atoms with Crippen LogP contribution in [0.1, 0.15) is 5.69 Å². The summed E-state index contributed by atoms with van der Waals surface area (Å²) < 4.78 is 7.35. The number of ether oxygens (including phenoxy) is 1. The van der Waals surface area contributed by atoms with Gasteiger partial charge in [0.1, 0.15) is 23.8 Å². The summed E-state index contributed by atoms with van der Waals surface area (Å²) in [5.74, 6) is 0.919. The molecular formula is C13H18N4O2. The van der Waals surface area contributed by atoms with E-state index >= 15 is 0 Å². The van der Waals surface area contributed by atoms with Crippen molar-refractivity contribution in [3.05, 3.63) is 36.2 Å². The van der Waals surface area contributed by atoms with E-state index in [-0.39, 0.29) is 5.75 Å². The fourth-order valence-electron chi connectivity index (χ4n) is 1.52. The molecule has 1 N–H and O–H groups in total. The van der Waals surface area contributed by atoms with Gasteiger partial charge in [-0.05, 0) is 38.4 Å². The van der Waals surface area contributed by atoms with Crippen molar-refractivity contribution in [2.75, 3.05) is 20.6 Å². The summed E-state index contributed by atoms with van der Waals surface area (Å²) in [7, 11) is 4.04. The lowest BCUT2D eigenvalue weighted by Gasteiger charge is -2.07. The zero-order chi connectivity index (χ0) is 13.7. The molecule has 0 atom stereocenters. The molecule has 19 heavy (non-hydrogen) atoms. The number of hydrogen-bond donors (Lipinski definition) is 1. The number of phenolic OH excluding ortho intramolecular Hbond substituents is 1. The predicted octanol–water partition coefficient (Wildman–Crippen LogP) is 1.12. The second-order valence-corrected chi connectivity index (χ2v) is 4.56. The van der Waals surface area contributed by atoms with Crippen LogP contribution in [0.15, 0.2) is 30.5 Å². The molecule has 102 valence electrons. The van der Waals surface area contributed by atoms with Crippen molar-refractivity contribution >= 4 is 0 Å². The van der Waals surface area contributed by atoms with Crippen molar-refractivity contribution in [1.29, 1.82) is 0 Å². The first kappa shape index (κ1) is 13.4. The van der Waals surface area contributed by atoms with Crippen molar-refractivity contribution in [3.8, 4) is 11.5 Å². The highest BCUT2D eigenvalue weighted by Gasteiger charge is 2.02. The van der Waals surface area contributed by atoms with Gasteiger partial charge in [0.25, 0.3) is 0 Å². The topological polar surface area (TPSA) is 63.4 Å². The van der Waals surface area contributed by atoms with E-state index in [1.54, 1.807) is 28.9 Å². The number of phenols is 1. The highest BCUT2D eigenvalue weighted by atomic mass is 16.5. The van der Waals surface area contributed by atoms with Crippen LogP contribution in [0.3, 0.4) is 0 Å². The molecule has 0 aliphatic rings. The minimum Gasteiger partial charge on any atom is -0.508 e. The molecule has 0 aliphatic carbocycles. The van der Waals surface area contributed by atoms with Gasteiger partial charge in [-0.1, -0.05) is 5.21 Å². The maximum Gasteiger partial charge on any atom is 0.134 e. The van der Waals surface area contributed by atoms with Crippen LogP contribution in [0.5, 0.6) is 11.5 Å². The highest BCUT2D eigenvalue weighted by molar-refractivity contribution is 5.30. The largest absolute Gasteiger partial charge is 0.508 e. The highest BCUT2D eigenvalue weighted by Crippen LogP contribution is 2.16. The normalized spacial score (nSPS) is 10.9. The summed E-state index contributed by atoms with van der Waals surface area (Å²) in [4.78, 5) is 2.09. The maximum absolute atomic E-state index is 9.16. The molecule has 0 fully saturated rings. The molecule has 2 rings (SSSR count). The molecule has 6 heteroatoms. The fourth-order valence-corrected chi connectivity index (χ4v) is 1.52. The first-order chi connectivity index (χ1) is 9.13. The Kier molecular flexibility index (Phi) is 4.35. The van der Waals surface area contributed by atoms with Gasteiger partial charge in [0.05, 0.1) is 12.7 Å². The lowest BCUT2D eigenvalue weighted by atomic mass is 10.3. The molecule has 0 bridgehead atoms. The Labute approximate surface area is 112 Å². The van der Waals surface area contributed by atoms with Crippen LogP contribution in [-0.2, 0) is 13.2 Å². The second kappa shape index (κ2) is 6.19. The third kappa shape index (κ3) is 4.26. The number of rotatable bonds is 6. The van der Waals surface area contributed by atoms with Crippen LogP contribution in [0.2, 0.25) is 0 Å². The number of nitrogens with zero attached hydrogens (tertiary/aromatic N) is 4. The number of likely N-dealkylation sites (N-methyl/N-ethyl adjacent to an activating group) is 1. The Morgan fingerprint density at radius 2 is 2.00 bits per heavy atom. The Hall–Kier alpha value is -2.08. The minimum atomic E-state index is 0.224. The number of hydrogen-bond acceptors (Lipinski definition) is 5. The zero-order valence-electron chi connectivity index (χ0n) is 11.2. The van der Waals surface area contributed by atoms with E-state index < -0.39 is 0 Å².